The predicted molar refractivity (Wildman–Crippen MR) is 81.9 cm³/mol. The molecule has 1 aromatic heterocycles. The maximum Gasteiger partial charge on any atom is 0.0954 e. The van der Waals surface area contributed by atoms with Crippen molar-refractivity contribution in [2.45, 2.75) is 38.1 Å². The molecule has 20 heavy (non-hydrogen) atoms. The summed E-state index contributed by atoms with van der Waals surface area (Å²) in [4.78, 5) is 4.44. The van der Waals surface area contributed by atoms with Crippen LogP contribution in [0.3, 0.4) is 0 Å². The molecule has 3 heteroatoms. The van der Waals surface area contributed by atoms with Crippen molar-refractivity contribution in [2.24, 2.45) is 0 Å². The Hall–Kier alpha value is -1.61. The van der Waals surface area contributed by atoms with Crippen LogP contribution in [0, 0.1) is 0 Å². The predicted octanol–water partition coefficient (Wildman–Crippen LogP) is 3.13. The van der Waals surface area contributed by atoms with E-state index < -0.39 is 0 Å². The van der Waals surface area contributed by atoms with E-state index in [0.29, 0.717) is 6.04 Å². The number of nitrogens with one attached hydrogen (secondary N) is 1. The number of hydrogen-bond donors (Lipinski definition) is 1. The monoisotopic (exact) mass is 269 g/mol. The third kappa shape index (κ3) is 2.27. The quantitative estimate of drug-likeness (QED) is 0.924. The van der Waals surface area contributed by atoms with Crippen molar-refractivity contribution in [3.05, 3.63) is 54.1 Å². The van der Waals surface area contributed by atoms with Crippen LogP contribution in [0.1, 0.15) is 44.0 Å². The summed E-state index contributed by atoms with van der Waals surface area (Å²) in [6.45, 7) is 6.74. The van der Waals surface area contributed by atoms with E-state index in [9.17, 15) is 0 Å². The highest BCUT2D eigenvalue weighted by molar-refractivity contribution is 5.24. The van der Waals surface area contributed by atoms with Gasteiger partial charge in [-0.1, -0.05) is 44.2 Å². The third-order valence-electron chi connectivity index (χ3n) is 4.56. The fourth-order valence-corrected chi connectivity index (χ4v) is 3.32. The second-order valence-electron chi connectivity index (χ2n) is 6.01. The van der Waals surface area contributed by atoms with Gasteiger partial charge >= 0.3 is 0 Å². The van der Waals surface area contributed by atoms with Gasteiger partial charge < -0.3 is 9.88 Å². The van der Waals surface area contributed by atoms with Gasteiger partial charge in [-0.3, -0.25) is 0 Å². The van der Waals surface area contributed by atoms with Crippen LogP contribution < -0.4 is 5.32 Å². The first-order chi connectivity index (χ1) is 9.74. The first kappa shape index (κ1) is 13.4. The van der Waals surface area contributed by atoms with Crippen LogP contribution in [0.2, 0.25) is 0 Å². The molecule has 1 aromatic carbocycles. The molecule has 2 heterocycles. The van der Waals surface area contributed by atoms with Crippen LogP contribution in [-0.4, -0.2) is 22.6 Å². The van der Waals surface area contributed by atoms with Crippen molar-refractivity contribution in [3.63, 3.8) is 0 Å². The topological polar surface area (TPSA) is 29.9 Å². The van der Waals surface area contributed by atoms with Crippen LogP contribution >= 0.6 is 0 Å². The third-order valence-corrected chi connectivity index (χ3v) is 4.56. The highest BCUT2D eigenvalue weighted by Crippen LogP contribution is 2.33. The molecule has 0 bridgehead atoms. The minimum absolute atomic E-state index is 0.207. The summed E-state index contributed by atoms with van der Waals surface area (Å²) in [6.07, 6.45) is 6.32. The Morgan fingerprint density at radius 1 is 1.35 bits per heavy atom. The van der Waals surface area contributed by atoms with Gasteiger partial charge in [0, 0.05) is 23.9 Å². The van der Waals surface area contributed by atoms with Gasteiger partial charge in [-0.2, -0.15) is 0 Å². The van der Waals surface area contributed by atoms with E-state index in [4.69, 9.17) is 0 Å². The molecule has 0 saturated carbocycles. The number of rotatable bonds is 4. The van der Waals surface area contributed by atoms with E-state index in [1.807, 2.05) is 6.33 Å². The molecule has 1 aliphatic heterocycles. The molecular weight excluding hydrogens is 246 g/mol. The maximum absolute atomic E-state index is 4.44. The van der Waals surface area contributed by atoms with E-state index in [1.54, 1.807) is 0 Å². The Bertz CT molecular complexity index is 553. The van der Waals surface area contributed by atoms with Crippen LogP contribution in [0.4, 0.5) is 0 Å². The summed E-state index contributed by atoms with van der Waals surface area (Å²) < 4.78 is 2.38. The Kier molecular flexibility index (Phi) is 3.62. The number of imidazole rings is 1. The van der Waals surface area contributed by atoms with E-state index >= 15 is 0 Å². The molecule has 0 radical (unpaired) electrons. The summed E-state index contributed by atoms with van der Waals surface area (Å²) >= 11 is 0. The molecule has 1 saturated heterocycles. The lowest BCUT2D eigenvalue weighted by atomic mass is 9.85. The van der Waals surface area contributed by atoms with Gasteiger partial charge in [-0.05, 0) is 24.9 Å². The van der Waals surface area contributed by atoms with Gasteiger partial charge in [0.15, 0.2) is 0 Å². The van der Waals surface area contributed by atoms with Crippen molar-refractivity contribution < 1.29 is 0 Å². The Morgan fingerprint density at radius 3 is 2.80 bits per heavy atom. The highest BCUT2D eigenvalue weighted by atomic mass is 15.1. The van der Waals surface area contributed by atoms with E-state index in [-0.39, 0.29) is 5.41 Å². The molecule has 2 atom stereocenters. The number of hydrogen-bond acceptors (Lipinski definition) is 2. The second-order valence-corrected chi connectivity index (χ2v) is 6.01. The van der Waals surface area contributed by atoms with Crippen LogP contribution in [-0.2, 0) is 5.41 Å². The van der Waals surface area contributed by atoms with Crippen LogP contribution in [0.25, 0.3) is 0 Å². The largest absolute Gasteiger partial charge is 0.327 e. The average molecular weight is 269 g/mol. The van der Waals surface area contributed by atoms with Gasteiger partial charge in [0.05, 0.1) is 12.4 Å². The van der Waals surface area contributed by atoms with Crippen molar-refractivity contribution in [2.75, 3.05) is 13.1 Å². The second kappa shape index (κ2) is 5.41. The summed E-state index contributed by atoms with van der Waals surface area (Å²) in [5, 5.41) is 3.48. The standard InChI is InChI=1S/C17H23N3/c1-3-15(14-7-5-4-6-8-14)20-13-19-11-16(20)17(2)9-10-18-12-17/h4-8,11,13,15,18H,3,9-10,12H2,1-2H3. The molecule has 0 amide bonds. The molecule has 1 N–H and O–H groups in total. The highest BCUT2D eigenvalue weighted by Gasteiger charge is 2.34. The molecule has 1 fully saturated rings. The average Bonchev–Trinajstić information content (AvgIpc) is 3.11. The summed E-state index contributed by atoms with van der Waals surface area (Å²) in [6, 6.07) is 11.1. The van der Waals surface area contributed by atoms with Crippen molar-refractivity contribution in [1.29, 1.82) is 0 Å². The SMILES string of the molecule is CCC(c1ccccc1)n1cncc1C1(C)CCNC1. The van der Waals surface area contributed by atoms with Gasteiger partial charge in [0.25, 0.3) is 0 Å². The van der Waals surface area contributed by atoms with Gasteiger partial charge in [-0.15, -0.1) is 0 Å². The van der Waals surface area contributed by atoms with Crippen LogP contribution in [0.5, 0.6) is 0 Å². The molecule has 2 unspecified atom stereocenters. The molecule has 0 spiro atoms. The van der Waals surface area contributed by atoms with Crippen LogP contribution in [0.15, 0.2) is 42.9 Å². The van der Waals surface area contributed by atoms with E-state index in [2.05, 4.69) is 65.2 Å². The minimum atomic E-state index is 0.207. The fourth-order valence-electron chi connectivity index (χ4n) is 3.32. The van der Waals surface area contributed by atoms with Crippen molar-refractivity contribution in [1.82, 2.24) is 14.9 Å². The van der Waals surface area contributed by atoms with Gasteiger partial charge in [0.1, 0.15) is 0 Å². The zero-order chi connectivity index (χ0) is 14.0. The van der Waals surface area contributed by atoms with Crippen molar-refractivity contribution in [3.8, 4) is 0 Å². The lowest BCUT2D eigenvalue weighted by molar-refractivity contribution is 0.444. The minimum Gasteiger partial charge on any atom is -0.327 e. The normalized spacial score (nSPS) is 23.9. The summed E-state index contributed by atoms with van der Waals surface area (Å²) in [5.74, 6) is 0. The first-order valence-corrected chi connectivity index (χ1v) is 7.52. The molecule has 0 aliphatic carbocycles. The number of nitrogens with zero attached hydrogens (tertiary/aromatic N) is 2. The molecule has 1 aliphatic rings. The molecular formula is C17H23N3. The lowest BCUT2D eigenvalue weighted by Gasteiger charge is -2.28. The zero-order valence-corrected chi connectivity index (χ0v) is 12.3. The Labute approximate surface area is 121 Å². The lowest BCUT2D eigenvalue weighted by Crippen LogP contribution is -2.29. The molecule has 106 valence electrons. The smallest absolute Gasteiger partial charge is 0.0954 e. The van der Waals surface area contributed by atoms with Gasteiger partial charge in [0.2, 0.25) is 0 Å². The molecule has 2 aromatic rings. The first-order valence-electron chi connectivity index (χ1n) is 7.52. The van der Waals surface area contributed by atoms with Gasteiger partial charge in [-0.25, -0.2) is 4.98 Å². The Morgan fingerprint density at radius 2 is 2.15 bits per heavy atom. The van der Waals surface area contributed by atoms with E-state index in [0.717, 1.165) is 19.5 Å². The van der Waals surface area contributed by atoms with E-state index in [1.165, 1.54) is 17.7 Å². The number of benzene rings is 1. The fraction of sp³-hybridized carbons (Fsp3) is 0.471. The zero-order valence-electron chi connectivity index (χ0n) is 12.3. The maximum atomic E-state index is 4.44. The molecule has 3 nitrogen and oxygen atoms in total. The van der Waals surface area contributed by atoms with Crippen molar-refractivity contribution >= 4 is 0 Å². The Balaban J connectivity index is 2.00. The molecule has 3 rings (SSSR count). The summed E-state index contributed by atoms with van der Waals surface area (Å²) in [5.41, 5.74) is 2.93. The summed E-state index contributed by atoms with van der Waals surface area (Å²) in [7, 11) is 0. The number of aromatic nitrogens is 2.